The molecule has 0 bridgehead atoms. The number of aromatic nitrogens is 2. The van der Waals surface area contributed by atoms with Crippen LogP contribution in [0.25, 0.3) is 0 Å². The van der Waals surface area contributed by atoms with E-state index in [2.05, 4.69) is 22.8 Å². The van der Waals surface area contributed by atoms with Crippen molar-refractivity contribution >= 4 is 5.91 Å². The molecule has 1 aromatic heterocycles. The Morgan fingerprint density at radius 3 is 2.80 bits per heavy atom. The number of nitrogens with zero attached hydrogens (tertiary/aromatic N) is 3. The highest BCUT2D eigenvalue weighted by Gasteiger charge is 2.34. The predicted octanol–water partition coefficient (Wildman–Crippen LogP) is 2.50. The molecular weight excluding hydrogens is 318 g/mol. The number of ether oxygens (including phenoxy) is 2. The summed E-state index contributed by atoms with van der Waals surface area (Å²) in [5, 5.41) is 4.59. The van der Waals surface area contributed by atoms with Crippen molar-refractivity contribution in [3.05, 3.63) is 41.7 Å². The second-order valence-electron chi connectivity index (χ2n) is 6.82. The zero-order chi connectivity index (χ0) is 17.4. The van der Waals surface area contributed by atoms with Gasteiger partial charge in [0.05, 0.1) is 11.7 Å². The van der Waals surface area contributed by atoms with Crippen molar-refractivity contribution in [3.63, 3.8) is 0 Å². The third-order valence-electron chi connectivity index (χ3n) is 4.88. The van der Waals surface area contributed by atoms with E-state index >= 15 is 0 Å². The standard InChI is InChI=1S/C19H23N3O3/c1-13-10-14(2)22(20-13)15-6-5-9-21(11-15)19(23)18-12-24-16-7-3-4-8-17(16)25-18/h3-4,7-8,10,15,18H,5-6,9,11-12H2,1-2H3/t15-,18-/m0/s1. The van der Waals surface area contributed by atoms with E-state index in [0.717, 1.165) is 30.8 Å². The maximum absolute atomic E-state index is 12.9. The lowest BCUT2D eigenvalue weighted by Gasteiger charge is -2.36. The minimum absolute atomic E-state index is 0.000680. The molecule has 1 saturated heterocycles. The minimum Gasteiger partial charge on any atom is -0.485 e. The van der Waals surface area contributed by atoms with Gasteiger partial charge in [-0.3, -0.25) is 9.48 Å². The molecule has 0 saturated carbocycles. The van der Waals surface area contributed by atoms with Crippen LogP contribution in [0.2, 0.25) is 0 Å². The number of hydrogen-bond donors (Lipinski definition) is 0. The van der Waals surface area contributed by atoms with Crippen LogP contribution in [0.1, 0.15) is 30.3 Å². The molecule has 0 N–H and O–H groups in total. The number of fused-ring (bicyclic) bond motifs is 1. The summed E-state index contributed by atoms with van der Waals surface area (Å²) in [4.78, 5) is 14.8. The lowest BCUT2D eigenvalue weighted by Crippen LogP contribution is -2.50. The van der Waals surface area contributed by atoms with E-state index in [1.54, 1.807) is 0 Å². The van der Waals surface area contributed by atoms with Crippen molar-refractivity contribution in [1.82, 2.24) is 14.7 Å². The molecule has 2 aromatic rings. The first kappa shape index (κ1) is 16.0. The Morgan fingerprint density at radius 2 is 2.04 bits per heavy atom. The van der Waals surface area contributed by atoms with Gasteiger partial charge in [-0.05, 0) is 44.9 Å². The summed E-state index contributed by atoms with van der Waals surface area (Å²) in [6.07, 6.45) is 1.43. The Bertz CT molecular complexity index is 786. The number of likely N-dealkylation sites (tertiary alicyclic amines) is 1. The van der Waals surface area contributed by atoms with Crippen LogP contribution in [-0.4, -0.2) is 46.4 Å². The van der Waals surface area contributed by atoms with Crippen molar-refractivity contribution in [2.75, 3.05) is 19.7 Å². The van der Waals surface area contributed by atoms with E-state index in [9.17, 15) is 4.79 Å². The summed E-state index contributed by atoms with van der Waals surface area (Å²) in [6, 6.07) is 9.78. The highest BCUT2D eigenvalue weighted by molar-refractivity contribution is 5.82. The van der Waals surface area contributed by atoms with Crippen LogP contribution in [0.4, 0.5) is 0 Å². The number of para-hydroxylation sites is 2. The van der Waals surface area contributed by atoms with Gasteiger partial charge in [0.25, 0.3) is 5.91 Å². The first-order valence-electron chi connectivity index (χ1n) is 8.82. The number of carbonyl (C=O) groups is 1. The molecule has 132 valence electrons. The van der Waals surface area contributed by atoms with Gasteiger partial charge in [0.1, 0.15) is 6.61 Å². The van der Waals surface area contributed by atoms with Crippen LogP contribution in [0.3, 0.4) is 0 Å². The van der Waals surface area contributed by atoms with Crippen molar-refractivity contribution in [2.45, 2.75) is 38.8 Å². The molecule has 0 aliphatic carbocycles. The molecular formula is C19H23N3O3. The molecule has 2 aliphatic heterocycles. The fourth-order valence-corrected chi connectivity index (χ4v) is 3.72. The Labute approximate surface area is 147 Å². The third-order valence-corrected chi connectivity index (χ3v) is 4.88. The van der Waals surface area contributed by atoms with E-state index in [4.69, 9.17) is 9.47 Å². The summed E-state index contributed by atoms with van der Waals surface area (Å²) < 4.78 is 13.6. The van der Waals surface area contributed by atoms with Crippen LogP contribution in [0, 0.1) is 13.8 Å². The van der Waals surface area contributed by atoms with E-state index in [1.807, 2.05) is 36.1 Å². The number of hydrogen-bond acceptors (Lipinski definition) is 4. The second-order valence-corrected chi connectivity index (χ2v) is 6.82. The van der Waals surface area contributed by atoms with Crippen molar-refractivity contribution in [3.8, 4) is 11.5 Å². The number of piperidine rings is 1. The molecule has 1 fully saturated rings. The molecule has 1 amide bonds. The molecule has 2 aliphatic rings. The molecule has 4 rings (SSSR count). The van der Waals surface area contributed by atoms with Crippen LogP contribution in [0.15, 0.2) is 30.3 Å². The molecule has 6 nitrogen and oxygen atoms in total. The zero-order valence-corrected chi connectivity index (χ0v) is 14.6. The van der Waals surface area contributed by atoms with E-state index in [-0.39, 0.29) is 18.6 Å². The van der Waals surface area contributed by atoms with Gasteiger partial charge < -0.3 is 14.4 Å². The van der Waals surface area contributed by atoms with Gasteiger partial charge in [-0.25, -0.2) is 0 Å². The van der Waals surface area contributed by atoms with Crippen LogP contribution in [0.5, 0.6) is 11.5 Å². The maximum Gasteiger partial charge on any atom is 0.267 e. The lowest BCUT2D eigenvalue weighted by molar-refractivity contribution is -0.143. The topological polar surface area (TPSA) is 56.6 Å². The highest BCUT2D eigenvalue weighted by Crippen LogP contribution is 2.32. The summed E-state index contributed by atoms with van der Waals surface area (Å²) >= 11 is 0. The Hall–Kier alpha value is -2.50. The SMILES string of the molecule is Cc1cc(C)n([C@H]2CCCN(C(=O)[C@@H]3COc4ccccc4O3)C2)n1. The Kier molecular flexibility index (Phi) is 4.11. The zero-order valence-electron chi connectivity index (χ0n) is 14.6. The van der Waals surface area contributed by atoms with Gasteiger partial charge in [-0.2, -0.15) is 5.10 Å². The summed E-state index contributed by atoms with van der Waals surface area (Å²) in [6.45, 7) is 5.76. The highest BCUT2D eigenvalue weighted by atomic mass is 16.6. The van der Waals surface area contributed by atoms with Gasteiger partial charge in [0.2, 0.25) is 6.10 Å². The number of amides is 1. The average molecular weight is 341 g/mol. The quantitative estimate of drug-likeness (QED) is 0.842. The van der Waals surface area contributed by atoms with Crippen LogP contribution >= 0.6 is 0 Å². The predicted molar refractivity (Wildman–Crippen MR) is 92.9 cm³/mol. The molecule has 0 unspecified atom stereocenters. The first-order valence-corrected chi connectivity index (χ1v) is 8.82. The number of carbonyl (C=O) groups excluding carboxylic acids is 1. The summed E-state index contributed by atoms with van der Waals surface area (Å²) in [5.41, 5.74) is 2.16. The minimum atomic E-state index is -0.575. The van der Waals surface area contributed by atoms with Crippen molar-refractivity contribution < 1.29 is 14.3 Å². The lowest BCUT2D eigenvalue weighted by atomic mass is 10.0. The average Bonchev–Trinajstić information content (AvgIpc) is 2.99. The summed E-state index contributed by atoms with van der Waals surface area (Å²) in [5.74, 6) is 1.34. The fourth-order valence-electron chi connectivity index (χ4n) is 3.72. The molecule has 0 spiro atoms. The molecule has 3 heterocycles. The number of benzene rings is 1. The largest absolute Gasteiger partial charge is 0.485 e. The fraction of sp³-hybridized carbons (Fsp3) is 0.474. The molecule has 6 heteroatoms. The smallest absolute Gasteiger partial charge is 0.267 e. The van der Waals surface area contributed by atoms with Crippen molar-refractivity contribution in [1.29, 1.82) is 0 Å². The normalized spacial score (nSPS) is 22.7. The summed E-state index contributed by atoms with van der Waals surface area (Å²) in [7, 11) is 0. The van der Waals surface area contributed by atoms with E-state index in [0.29, 0.717) is 18.0 Å². The number of aryl methyl sites for hydroxylation is 2. The van der Waals surface area contributed by atoms with Crippen LogP contribution in [-0.2, 0) is 4.79 Å². The van der Waals surface area contributed by atoms with Gasteiger partial charge in [0.15, 0.2) is 11.5 Å². The number of rotatable bonds is 2. The van der Waals surface area contributed by atoms with Gasteiger partial charge >= 0.3 is 0 Å². The van der Waals surface area contributed by atoms with Gasteiger partial charge in [-0.1, -0.05) is 12.1 Å². The molecule has 2 atom stereocenters. The van der Waals surface area contributed by atoms with Crippen LogP contribution < -0.4 is 9.47 Å². The molecule has 0 radical (unpaired) electrons. The third kappa shape index (κ3) is 3.08. The second kappa shape index (κ2) is 6.43. The Balaban J connectivity index is 1.46. The Morgan fingerprint density at radius 1 is 1.24 bits per heavy atom. The molecule has 25 heavy (non-hydrogen) atoms. The monoisotopic (exact) mass is 341 g/mol. The van der Waals surface area contributed by atoms with Gasteiger partial charge in [-0.15, -0.1) is 0 Å². The molecule has 1 aromatic carbocycles. The first-order chi connectivity index (χ1) is 12.1. The van der Waals surface area contributed by atoms with E-state index in [1.165, 1.54) is 0 Å². The maximum atomic E-state index is 12.9. The van der Waals surface area contributed by atoms with E-state index < -0.39 is 6.10 Å². The van der Waals surface area contributed by atoms with Crippen molar-refractivity contribution in [2.24, 2.45) is 0 Å². The van der Waals surface area contributed by atoms with Gasteiger partial charge in [0, 0.05) is 18.8 Å².